The first-order chi connectivity index (χ1) is 13.3. The fourth-order valence-electron chi connectivity index (χ4n) is 2.64. The minimum Gasteiger partial charge on any atom is -0.466 e. The first-order valence-electron chi connectivity index (χ1n) is 9.12. The zero-order chi connectivity index (χ0) is 21.1. The Kier molecular flexibility index (Phi) is 9.76. The highest BCUT2D eigenvalue weighted by molar-refractivity contribution is 5.90. The number of aromatic amines is 1. The second kappa shape index (κ2) is 11.8. The lowest BCUT2D eigenvalue weighted by atomic mass is 10.0. The summed E-state index contributed by atoms with van der Waals surface area (Å²) in [5, 5.41) is 0. The molecule has 0 radical (unpaired) electrons. The van der Waals surface area contributed by atoms with Gasteiger partial charge in [-0.25, -0.2) is 4.79 Å². The Bertz CT molecular complexity index is 707. The van der Waals surface area contributed by atoms with Crippen molar-refractivity contribution in [3.63, 3.8) is 0 Å². The minimum atomic E-state index is -0.579. The van der Waals surface area contributed by atoms with Crippen LogP contribution in [-0.2, 0) is 52.8 Å². The predicted molar refractivity (Wildman–Crippen MR) is 97.5 cm³/mol. The number of rotatable bonds is 11. The van der Waals surface area contributed by atoms with Crippen molar-refractivity contribution in [2.75, 3.05) is 19.8 Å². The van der Waals surface area contributed by atoms with E-state index >= 15 is 0 Å². The van der Waals surface area contributed by atoms with Gasteiger partial charge in [0.15, 0.2) is 0 Å². The molecule has 156 valence electrons. The van der Waals surface area contributed by atoms with Crippen LogP contribution in [0, 0.1) is 0 Å². The summed E-state index contributed by atoms with van der Waals surface area (Å²) in [5.41, 5.74) is 1.88. The molecule has 0 saturated carbocycles. The van der Waals surface area contributed by atoms with Gasteiger partial charge in [0, 0.05) is 26.7 Å². The van der Waals surface area contributed by atoms with E-state index in [1.165, 1.54) is 13.8 Å². The Labute approximate surface area is 163 Å². The van der Waals surface area contributed by atoms with Gasteiger partial charge in [-0.1, -0.05) is 0 Å². The molecular formula is C19H27NO8. The van der Waals surface area contributed by atoms with Crippen molar-refractivity contribution in [3.05, 3.63) is 22.5 Å². The molecule has 0 saturated heterocycles. The molecule has 1 aromatic rings. The fourth-order valence-corrected chi connectivity index (χ4v) is 2.64. The number of esters is 4. The summed E-state index contributed by atoms with van der Waals surface area (Å²) in [6.07, 6.45) is 0.564. The van der Waals surface area contributed by atoms with Gasteiger partial charge in [0.1, 0.15) is 12.3 Å². The second-order valence-electron chi connectivity index (χ2n) is 5.83. The number of carbonyl (C=O) groups excluding carboxylic acids is 4. The Morgan fingerprint density at radius 2 is 1.46 bits per heavy atom. The summed E-state index contributed by atoms with van der Waals surface area (Å²) in [5.74, 6) is -1.89. The number of aromatic nitrogens is 1. The normalized spacial score (nSPS) is 10.3. The van der Waals surface area contributed by atoms with Crippen molar-refractivity contribution in [1.29, 1.82) is 0 Å². The van der Waals surface area contributed by atoms with Crippen LogP contribution in [0.1, 0.15) is 61.4 Å². The Balaban J connectivity index is 3.22. The van der Waals surface area contributed by atoms with Gasteiger partial charge in [-0.3, -0.25) is 14.4 Å². The summed E-state index contributed by atoms with van der Waals surface area (Å²) < 4.78 is 20.1. The summed E-state index contributed by atoms with van der Waals surface area (Å²) in [6, 6.07) is 0. The lowest BCUT2D eigenvalue weighted by Crippen LogP contribution is -2.12. The average molecular weight is 397 g/mol. The third-order valence-electron chi connectivity index (χ3n) is 3.75. The zero-order valence-corrected chi connectivity index (χ0v) is 16.7. The van der Waals surface area contributed by atoms with Crippen LogP contribution in [0.5, 0.6) is 0 Å². The van der Waals surface area contributed by atoms with Crippen molar-refractivity contribution < 1.29 is 38.1 Å². The second-order valence-corrected chi connectivity index (χ2v) is 5.83. The first-order valence-corrected chi connectivity index (χ1v) is 9.12. The van der Waals surface area contributed by atoms with E-state index in [1.54, 1.807) is 13.8 Å². The molecule has 1 aromatic heterocycles. The molecule has 0 aliphatic carbocycles. The number of hydrogen-bond acceptors (Lipinski definition) is 8. The molecule has 1 rings (SSSR count). The Morgan fingerprint density at radius 1 is 0.821 bits per heavy atom. The Hall–Kier alpha value is -2.84. The summed E-state index contributed by atoms with van der Waals surface area (Å²) >= 11 is 0. The van der Waals surface area contributed by atoms with Gasteiger partial charge >= 0.3 is 23.9 Å². The maximum atomic E-state index is 12.4. The van der Waals surface area contributed by atoms with Gasteiger partial charge in [0.2, 0.25) is 0 Å². The van der Waals surface area contributed by atoms with Crippen LogP contribution in [0.3, 0.4) is 0 Å². The number of nitrogens with one attached hydrogen (secondary N) is 1. The van der Waals surface area contributed by atoms with Crippen molar-refractivity contribution >= 4 is 23.9 Å². The van der Waals surface area contributed by atoms with E-state index in [0.717, 1.165) is 0 Å². The van der Waals surface area contributed by atoms with Gasteiger partial charge in [-0.15, -0.1) is 0 Å². The zero-order valence-electron chi connectivity index (χ0n) is 16.7. The molecule has 0 atom stereocenters. The lowest BCUT2D eigenvalue weighted by molar-refractivity contribution is -0.143. The molecule has 1 heterocycles. The van der Waals surface area contributed by atoms with Gasteiger partial charge in [0.05, 0.1) is 25.5 Å². The van der Waals surface area contributed by atoms with Crippen LogP contribution < -0.4 is 0 Å². The summed E-state index contributed by atoms with van der Waals surface area (Å²) in [4.78, 5) is 49.3. The van der Waals surface area contributed by atoms with Gasteiger partial charge < -0.3 is 23.9 Å². The van der Waals surface area contributed by atoms with Crippen molar-refractivity contribution in [2.45, 2.75) is 53.6 Å². The van der Waals surface area contributed by atoms with E-state index in [0.29, 0.717) is 16.8 Å². The highest BCUT2D eigenvalue weighted by Crippen LogP contribution is 2.24. The van der Waals surface area contributed by atoms with Crippen LogP contribution in [-0.4, -0.2) is 48.7 Å². The van der Waals surface area contributed by atoms with E-state index in [9.17, 15) is 19.2 Å². The predicted octanol–water partition coefficient (Wildman–Crippen LogP) is 1.86. The van der Waals surface area contributed by atoms with Gasteiger partial charge in [-0.05, 0) is 31.4 Å². The fraction of sp³-hybridized carbons (Fsp3) is 0.579. The number of ether oxygens (including phenoxy) is 4. The maximum absolute atomic E-state index is 12.4. The molecule has 0 fully saturated rings. The summed E-state index contributed by atoms with van der Waals surface area (Å²) in [7, 11) is 0. The lowest BCUT2D eigenvalue weighted by Gasteiger charge is -2.09. The maximum Gasteiger partial charge on any atom is 0.355 e. The van der Waals surface area contributed by atoms with Crippen molar-refractivity contribution in [1.82, 2.24) is 4.98 Å². The average Bonchev–Trinajstić information content (AvgIpc) is 2.96. The quantitative estimate of drug-likeness (QED) is 0.444. The largest absolute Gasteiger partial charge is 0.466 e. The monoisotopic (exact) mass is 397 g/mol. The van der Waals surface area contributed by atoms with Crippen LogP contribution in [0.2, 0.25) is 0 Å². The molecular weight excluding hydrogens is 370 g/mol. The van der Waals surface area contributed by atoms with Crippen LogP contribution in [0.25, 0.3) is 0 Å². The molecule has 0 unspecified atom stereocenters. The molecule has 0 spiro atoms. The third-order valence-corrected chi connectivity index (χ3v) is 3.75. The highest BCUT2D eigenvalue weighted by Gasteiger charge is 2.24. The number of H-pyrrole nitrogens is 1. The molecule has 28 heavy (non-hydrogen) atoms. The molecule has 0 amide bonds. The van der Waals surface area contributed by atoms with Crippen LogP contribution >= 0.6 is 0 Å². The molecule has 1 N–H and O–H groups in total. The van der Waals surface area contributed by atoms with E-state index in [2.05, 4.69) is 4.98 Å². The van der Waals surface area contributed by atoms with Crippen molar-refractivity contribution in [3.8, 4) is 0 Å². The molecule has 9 heteroatoms. The minimum absolute atomic E-state index is 0.0612. The van der Waals surface area contributed by atoms with Crippen LogP contribution in [0.15, 0.2) is 0 Å². The molecule has 0 aliphatic heterocycles. The molecule has 0 aromatic carbocycles. The van der Waals surface area contributed by atoms with Gasteiger partial charge in [0.25, 0.3) is 0 Å². The van der Waals surface area contributed by atoms with Crippen molar-refractivity contribution in [2.24, 2.45) is 0 Å². The standard InChI is InChI=1S/C19H27NO8/c1-5-25-17(23)8-7-15-14(9-10-27-12(3)21)16(11-28-13(4)22)20-18(15)19(24)26-6-2/h20H,5-11H2,1-4H3. The topological polar surface area (TPSA) is 121 Å². The third kappa shape index (κ3) is 7.42. The molecule has 0 bridgehead atoms. The van der Waals surface area contributed by atoms with E-state index in [1.807, 2.05) is 0 Å². The van der Waals surface area contributed by atoms with E-state index in [4.69, 9.17) is 18.9 Å². The Morgan fingerprint density at radius 3 is 2.04 bits per heavy atom. The van der Waals surface area contributed by atoms with E-state index in [-0.39, 0.29) is 51.4 Å². The number of carbonyl (C=O) groups is 4. The molecule has 0 aliphatic rings. The summed E-state index contributed by atoms with van der Waals surface area (Å²) in [6.45, 7) is 6.38. The number of hydrogen-bond donors (Lipinski definition) is 1. The SMILES string of the molecule is CCOC(=O)CCc1c(C(=O)OCC)[nH]c(COC(C)=O)c1CCOC(C)=O. The first kappa shape index (κ1) is 23.2. The smallest absolute Gasteiger partial charge is 0.355 e. The van der Waals surface area contributed by atoms with Gasteiger partial charge in [-0.2, -0.15) is 0 Å². The molecule has 9 nitrogen and oxygen atoms in total. The highest BCUT2D eigenvalue weighted by atomic mass is 16.5. The van der Waals surface area contributed by atoms with Crippen LogP contribution in [0.4, 0.5) is 0 Å². The van der Waals surface area contributed by atoms with E-state index < -0.39 is 23.9 Å².